The van der Waals surface area contributed by atoms with Gasteiger partial charge in [-0.25, -0.2) is 9.97 Å². The minimum Gasteiger partial charge on any atom is -0.434 e. The molecule has 1 unspecified atom stereocenters. The summed E-state index contributed by atoms with van der Waals surface area (Å²) in [5.41, 5.74) is 0.878. The van der Waals surface area contributed by atoms with Crippen LogP contribution in [0.2, 0.25) is 0 Å². The van der Waals surface area contributed by atoms with Gasteiger partial charge < -0.3 is 9.47 Å². The lowest BCUT2D eigenvalue weighted by atomic mass is 10.5. The van der Waals surface area contributed by atoms with E-state index in [0.717, 1.165) is 5.69 Å². The monoisotopic (exact) mass is 168 g/mol. The van der Waals surface area contributed by atoms with Crippen molar-refractivity contribution in [3.8, 4) is 6.01 Å². The Morgan fingerprint density at radius 2 is 2.25 bits per heavy atom. The standard InChI is InChI=1S/C8H12N2O2/c1-6-4-5-9-8(10-6)12-7(2)11-3/h4-5,7H,1-3H3. The Hall–Kier alpha value is -1.16. The van der Waals surface area contributed by atoms with Crippen LogP contribution in [0, 0.1) is 6.92 Å². The van der Waals surface area contributed by atoms with Crippen molar-refractivity contribution in [2.45, 2.75) is 20.1 Å². The summed E-state index contributed by atoms with van der Waals surface area (Å²) >= 11 is 0. The molecule has 0 aromatic carbocycles. The Labute approximate surface area is 71.6 Å². The molecule has 1 atom stereocenters. The van der Waals surface area contributed by atoms with Gasteiger partial charge in [-0.2, -0.15) is 0 Å². The van der Waals surface area contributed by atoms with E-state index >= 15 is 0 Å². The lowest BCUT2D eigenvalue weighted by Gasteiger charge is -2.10. The molecule has 12 heavy (non-hydrogen) atoms. The second-order valence-corrected chi connectivity index (χ2v) is 2.40. The number of hydrogen-bond donors (Lipinski definition) is 0. The predicted octanol–water partition coefficient (Wildman–Crippen LogP) is 1.16. The largest absolute Gasteiger partial charge is 0.434 e. The van der Waals surface area contributed by atoms with Crippen molar-refractivity contribution in [1.82, 2.24) is 9.97 Å². The molecular weight excluding hydrogens is 156 g/mol. The third-order valence-corrected chi connectivity index (χ3v) is 1.38. The first-order chi connectivity index (χ1) is 5.72. The van der Waals surface area contributed by atoms with Crippen LogP contribution in [-0.4, -0.2) is 23.4 Å². The number of aromatic nitrogens is 2. The normalized spacial score (nSPS) is 12.6. The minimum absolute atomic E-state index is 0.313. The van der Waals surface area contributed by atoms with Gasteiger partial charge in [0.15, 0.2) is 6.29 Å². The Balaban J connectivity index is 2.63. The summed E-state index contributed by atoms with van der Waals surface area (Å²) in [6.45, 7) is 3.66. The SMILES string of the molecule is COC(C)Oc1nccc(C)n1. The molecule has 0 fully saturated rings. The van der Waals surface area contributed by atoms with E-state index in [1.165, 1.54) is 0 Å². The maximum atomic E-state index is 5.20. The number of rotatable bonds is 3. The van der Waals surface area contributed by atoms with Crippen LogP contribution < -0.4 is 4.74 Å². The third kappa shape index (κ3) is 2.47. The maximum Gasteiger partial charge on any atom is 0.318 e. The van der Waals surface area contributed by atoms with Crippen molar-refractivity contribution >= 4 is 0 Å². The molecular formula is C8H12N2O2. The predicted molar refractivity (Wildman–Crippen MR) is 43.9 cm³/mol. The molecule has 0 bridgehead atoms. The molecule has 0 spiro atoms. The van der Waals surface area contributed by atoms with E-state index in [1.807, 2.05) is 13.0 Å². The fourth-order valence-corrected chi connectivity index (χ4v) is 0.679. The van der Waals surface area contributed by atoms with Crippen molar-refractivity contribution in [2.24, 2.45) is 0 Å². The van der Waals surface area contributed by atoms with Gasteiger partial charge in [-0.3, -0.25) is 0 Å². The van der Waals surface area contributed by atoms with E-state index in [9.17, 15) is 0 Å². The van der Waals surface area contributed by atoms with Crippen LogP contribution in [0.4, 0.5) is 0 Å². The molecule has 1 rings (SSSR count). The topological polar surface area (TPSA) is 44.2 Å². The molecule has 0 aliphatic heterocycles. The molecule has 1 aromatic heterocycles. The summed E-state index contributed by atoms with van der Waals surface area (Å²) in [6, 6.07) is 2.16. The molecule has 0 saturated carbocycles. The zero-order valence-corrected chi connectivity index (χ0v) is 7.44. The van der Waals surface area contributed by atoms with E-state index < -0.39 is 0 Å². The average molecular weight is 168 g/mol. The van der Waals surface area contributed by atoms with E-state index in [1.54, 1.807) is 20.2 Å². The Bertz CT molecular complexity index is 253. The zero-order valence-electron chi connectivity index (χ0n) is 7.44. The molecule has 0 saturated heterocycles. The minimum atomic E-state index is -0.313. The number of hydrogen-bond acceptors (Lipinski definition) is 4. The highest BCUT2D eigenvalue weighted by Gasteiger charge is 2.02. The van der Waals surface area contributed by atoms with Crippen LogP contribution >= 0.6 is 0 Å². The summed E-state index contributed by atoms with van der Waals surface area (Å²) in [6.07, 6.45) is 1.34. The first-order valence-electron chi connectivity index (χ1n) is 3.71. The Kier molecular flexibility index (Phi) is 2.99. The lowest BCUT2D eigenvalue weighted by molar-refractivity contribution is -0.0439. The number of nitrogens with zero attached hydrogens (tertiary/aromatic N) is 2. The molecule has 4 nitrogen and oxygen atoms in total. The smallest absolute Gasteiger partial charge is 0.318 e. The quantitative estimate of drug-likeness (QED) is 0.635. The van der Waals surface area contributed by atoms with Gasteiger partial charge in [-0.15, -0.1) is 0 Å². The number of aryl methyl sites for hydroxylation is 1. The van der Waals surface area contributed by atoms with Gasteiger partial charge in [0.25, 0.3) is 0 Å². The highest BCUT2D eigenvalue weighted by atomic mass is 16.7. The van der Waals surface area contributed by atoms with Crippen LogP contribution in [0.3, 0.4) is 0 Å². The summed E-state index contributed by atoms with van der Waals surface area (Å²) in [4.78, 5) is 7.96. The summed E-state index contributed by atoms with van der Waals surface area (Å²) in [5, 5.41) is 0. The first-order valence-corrected chi connectivity index (χ1v) is 3.71. The van der Waals surface area contributed by atoms with Crippen LogP contribution in [0.25, 0.3) is 0 Å². The zero-order chi connectivity index (χ0) is 8.97. The Morgan fingerprint density at radius 1 is 1.50 bits per heavy atom. The van der Waals surface area contributed by atoms with Crippen LogP contribution in [0.15, 0.2) is 12.3 Å². The van der Waals surface area contributed by atoms with Gasteiger partial charge in [-0.05, 0) is 19.9 Å². The molecule has 0 aliphatic rings. The highest BCUT2D eigenvalue weighted by molar-refractivity contribution is 5.02. The molecule has 66 valence electrons. The second-order valence-electron chi connectivity index (χ2n) is 2.40. The lowest BCUT2D eigenvalue weighted by Crippen LogP contribution is -2.15. The van der Waals surface area contributed by atoms with E-state index in [4.69, 9.17) is 9.47 Å². The molecule has 0 aliphatic carbocycles. The Morgan fingerprint density at radius 3 is 2.83 bits per heavy atom. The molecule has 0 radical (unpaired) electrons. The van der Waals surface area contributed by atoms with Crippen molar-refractivity contribution in [3.63, 3.8) is 0 Å². The highest BCUT2D eigenvalue weighted by Crippen LogP contribution is 2.04. The van der Waals surface area contributed by atoms with Crippen LogP contribution in [-0.2, 0) is 4.74 Å². The number of ether oxygens (including phenoxy) is 2. The molecule has 0 amide bonds. The van der Waals surface area contributed by atoms with Crippen molar-refractivity contribution in [2.75, 3.05) is 7.11 Å². The van der Waals surface area contributed by atoms with Crippen LogP contribution in [0.1, 0.15) is 12.6 Å². The van der Waals surface area contributed by atoms with E-state index in [-0.39, 0.29) is 6.29 Å². The molecule has 4 heteroatoms. The third-order valence-electron chi connectivity index (χ3n) is 1.38. The fourth-order valence-electron chi connectivity index (χ4n) is 0.679. The molecule has 1 aromatic rings. The number of methoxy groups -OCH3 is 1. The second kappa shape index (κ2) is 4.01. The van der Waals surface area contributed by atoms with Gasteiger partial charge in [0, 0.05) is 19.0 Å². The van der Waals surface area contributed by atoms with Crippen LogP contribution in [0.5, 0.6) is 6.01 Å². The summed E-state index contributed by atoms with van der Waals surface area (Å²) < 4.78 is 10.1. The van der Waals surface area contributed by atoms with E-state index in [0.29, 0.717) is 6.01 Å². The van der Waals surface area contributed by atoms with Gasteiger partial charge in [0.1, 0.15) is 0 Å². The van der Waals surface area contributed by atoms with Gasteiger partial charge >= 0.3 is 6.01 Å². The first kappa shape index (κ1) is 8.93. The van der Waals surface area contributed by atoms with Gasteiger partial charge in [0.05, 0.1) is 0 Å². The van der Waals surface area contributed by atoms with Gasteiger partial charge in [0.2, 0.25) is 0 Å². The van der Waals surface area contributed by atoms with Gasteiger partial charge in [-0.1, -0.05) is 0 Å². The molecule has 0 N–H and O–H groups in total. The van der Waals surface area contributed by atoms with Crippen molar-refractivity contribution < 1.29 is 9.47 Å². The van der Waals surface area contributed by atoms with E-state index in [2.05, 4.69) is 9.97 Å². The summed E-state index contributed by atoms with van der Waals surface area (Å²) in [5.74, 6) is 0. The maximum absolute atomic E-state index is 5.20. The fraction of sp³-hybridized carbons (Fsp3) is 0.500. The van der Waals surface area contributed by atoms with Crippen molar-refractivity contribution in [1.29, 1.82) is 0 Å². The summed E-state index contributed by atoms with van der Waals surface area (Å²) in [7, 11) is 1.57. The van der Waals surface area contributed by atoms with Crippen molar-refractivity contribution in [3.05, 3.63) is 18.0 Å². The molecule has 1 heterocycles. The average Bonchev–Trinajstić information content (AvgIpc) is 2.04.